The number of anilines is 2. The largest absolute Gasteiger partial charge is 0.464 e. The van der Waals surface area contributed by atoms with Gasteiger partial charge in [0.05, 0.1) is 6.61 Å². The van der Waals surface area contributed by atoms with Gasteiger partial charge in [0, 0.05) is 6.54 Å². The zero-order chi connectivity index (χ0) is 13.8. The summed E-state index contributed by atoms with van der Waals surface area (Å²) in [6.07, 6.45) is 1.55. The van der Waals surface area contributed by atoms with E-state index in [2.05, 4.69) is 20.4 Å². The van der Waals surface area contributed by atoms with Gasteiger partial charge < -0.3 is 15.4 Å². The number of nitrogens with zero attached hydrogens (tertiary/aromatic N) is 4. The molecule has 1 atom stereocenters. The van der Waals surface area contributed by atoms with Crippen molar-refractivity contribution in [3.8, 4) is 6.01 Å². The molecule has 104 valence electrons. The molecule has 9 heteroatoms. The number of hydrogen-bond donors (Lipinski definition) is 3. The van der Waals surface area contributed by atoms with Crippen molar-refractivity contribution in [1.29, 1.82) is 0 Å². The van der Waals surface area contributed by atoms with Crippen LogP contribution in [-0.4, -0.2) is 40.1 Å². The fourth-order valence-corrected chi connectivity index (χ4v) is 2.03. The van der Waals surface area contributed by atoms with E-state index >= 15 is 0 Å². The summed E-state index contributed by atoms with van der Waals surface area (Å²) in [7, 11) is 0. The van der Waals surface area contributed by atoms with Crippen molar-refractivity contribution >= 4 is 17.8 Å². The average Bonchev–Trinajstić information content (AvgIpc) is 2.88. The first-order valence-corrected chi connectivity index (χ1v) is 6.07. The SMILES string of the molecule is CCOc1nc(NN)nc(N2CCCC2C(N)=O)n1. The number of aromatic nitrogens is 3. The summed E-state index contributed by atoms with van der Waals surface area (Å²) in [4.78, 5) is 25.4. The van der Waals surface area contributed by atoms with Gasteiger partial charge in [-0.15, -0.1) is 0 Å². The van der Waals surface area contributed by atoms with Gasteiger partial charge in [0.1, 0.15) is 6.04 Å². The molecule has 9 nitrogen and oxygen atoms in total. The fraction of sp³-hybridized carbons (Fsp3) is 0.600. The summed E-state index contributed by atoms with van der Waals surface area (Å²) >= 11 is 0. The van der Waals surface area contributed by atoms with Gasteiger partial charge in [-0.25, -0.2) is 5.84 Å². The minimum absolute atomic E-state index is 0.163. The molecule has 0 bridgehead atoms. The van der Waals surface area contributed by atoms with Crippen molar-refractivity contribution in [2.75, 3.05) is 23.5 Å². The van der Waals surface area contributed by atoms with Crippen molar-refractivity contribution in [3.63, 3.8) is 0 Å². The van der Waals surface area contributed by atoms with E-state index in [1.165, 1.54) is 0 Å². The molecule has 2 heterocycles. The van der Waals surface area contributed by atoms with E-state index in [0.29, 0.717) is 25.5 Å². The van der Waals surface area contributed by atoms with Crippen molar-refractivity contribution in [1.82, 2.24) is 15.0 Å². The van der Waals surface area contributed by atoms with Crippen LogP contribution in [0.15, 0.2) is 0 Å². The second-order valence-electron chi connectivity index (χ2n) is 4.07. The molecule has 19 heavy (non-hydrogen) atoms. The van der Waals surface area contributed by atoms with Crippen LogP contribution in [0.4, 0.5) is 11.9 Å². The van der Waals surface area contributed by atoms with Gasteiger partial charge in [0.25, 0.3) is 0 Å². The Morgan fingerprint density at radius 1 is 1.53 bits per heavy atom. The molecule has 0 aromatic carbocycles. The molecule has 1 fully saturated rings. The van der Waals surface area contributed by atoms with E-state index in [1.807, 2.05) is 6.92 Å². The number of nitrogen functional groups attached to an aromatic ring is 1. The summed E-state index contributed by atoms with van der Waals surface area (Å²) in [6, 6.07) is -0.238. The fourth-order valence-electron chi connectivity index (χ4n) is 2.03. The topological polar surface area (TPSA) is 132 Å². The summed E-state index contributed by atoms with van der Waals surface area (Å²) in [5.74, 6) is 5.44. The van der Waals surface area contributed by atoms with Crippen LogP contribution in [0, 0.1) is 0 Å². The van der Waals surface area contributed by atoms with Gasteiger partial charge in [-0.2, -0.15) is 15.0 Å². The highest BCUT2D eigenvalue weighted by Crippen LogP contribution is 2.24. The lowest BCUT2D eigenvalue weighted by atomic mass is 10.2. The number of primary amides is 1. The number of nitrogens with one attached hydrogen (secondary N) is 1. The standard InChI is InChI=1S/C10H17N7O2/c1-2-19-10-14-8(16-12)13-9(15-10)17-5-3-4-6(17)7(11)18/h6H,2-5,12H2,1H3,(H2,11,18)(H,13,14,15,16). The number of amides is 1. The maximum absolute atomic E-state index is 11.4. The maximum atomic E-state index is 11.4. The molecule has 1 aromatic heterocycles. The third-order valence-corrected chi connectivity index (χ3v) is 2.84. The number of nitrogens with two attached hydrogens (primary N) is 2. The Morgan fingerprint density at radius 2 is 2.32 bits per heavy atom. The average molecular weight is 267 g/mol. The Morgan fingerprint density at radius 3 is 2.95 bits per heavy atom. The zero-order valence-electron chi connectivity index (χ0n) is 10.7. The van der Waals surface area contributed by atoms with Gasteiger partial charge in [-0.1, -0.05) is 0 Å². The lowest BCUT2D eigenvalue weighted by molar-refractivity contribution is -0.119. The third kappa shape index (κ3) is 2.81. The molecule has 1 aromatic rings. The highest BCUT2D eigenvalue weighted by molar-refractivity contribution is 5.83. The maximum Gasteiger partial charge on any atom is 0.323 e. The number of rotatable bonds is 5. The minimum atomic E-state index is -0.400. The zero-order valence-corrected chi connectivity index (χ0v) is 10.7. The highest BCUT2D eigenvalue weighted by atomic mass is 16.5. The number of hydrogen-bond acceptors (Lipinski definition) is 8. The summed E-state index contributed by atoms with van der Waals surface area (Å²) < 4.78 is 5.24. The van der Waals surface area contributed by atoms with Crippen LogP contribution >= 0.6 is 0 Å². The first-order valence-electron chi connectivity index (χ1n) is 6.07. The summed E-state index contributed by atoms with van der Waals surface area (Å²) in [6.45, 7) is 2.90. The molecule has 1 amide bonds. The van der Waals surface area contributed by atoms with Gasteiger partial charge >= 0.3 is 6.01 Å². The molecule has 0 radical (unpaired) electrons. The molecule has 1 saturated heterocycles. The predicted molar refractivity (Wildman–Crippen MR) is 68.4 cm³/mol. The van der Waals surface area contributed by atoms with Crippen LogP contribution in [0.1, 0.15) is 19.8 Å². The van der Waals surface area contributed by atoms with Crippen LogP contribution in [0.25, 0.3) is 0 Å². The second kappa shape index (κ2) is 5.65. The van der Waals surface area contributed by atoms with E-state index in [4.69, 9.17) is 16.3 Å². The van der Waals surface area contributed by atoms with Crippen molar-refractivity contribution in [2.24, 2.45) is 11.6 Å². The van der Waals surface area contributed by atoms with Crippen LogP contribution in [0.2, 0.25) is 0 Å². The predicted octanol–water partition coefficient (Wildman–Crippen LogP) is -0.990. The molecule has 0 spiro atoms. The van der Waals surface area contributed by atoms with Crippen molar-refractivity contribution in [3.05, 3.63) is 0 Å². The Hall–Kier alpha value is -2.16. The van der Waals surface area contributed by atoms with Crippen LogP contribution in [0.3, 0.4) is 0 Å². The van der Waals surface area contributed by atoms with Gasteiger partial charge in [-0.3, -0.25) is 10.2 Å². The molecule has 1 aliphatic rings. The minimum Gasteiger partial charge on any atom is -0.464 e. The monoisotopic (exact) mass is 267 g/mol. The normalized spacial score (nSPS) is 18.4. The van der Waals surface area contributed by atoms with Crippen LogP contribution in [-0.2, 0) is 4.79 Å². The lowest BCUT2D eigenvalue weighted by Crippen LogP contribution is -2.41. The number of carbonyl (C=O) groups excluding carboxylic acids is 1. The smallest absolute Gasteiger partial charge is 0.323 e. The quantitative estimate of drug-likeness (QED) is 0.457. The molecule has 2 rings (SSSR count). The molecule has 0 saturated carbocycles. The molecular formula is C10H17N7O2. The van der Waals surface area contributed by atoms with Gasteiger partial charge in [0.15, 0.2) is 0 Å². The van der Waals surface area contributed by atoms with Crippen molar-refractivity contribution < 1.29 is 9.53 Å². The first-order chi connectivity index (χ1) is 9.15. The summed E-state index contributed by atoms with van der Waals surface area (Å²) in [5.41, 5.74) is 7.72. The Bertz CT molecular complexity index is 467. The number of hydrazine groups is 1. The molecule has 5 N–H and O–H groups in total. The summed E-state index contributed by atoms with van der Waals surface area (Å²) in [5, 5.41) is 0. The van der Waals surface area contributed by atoms with E-state index < -0.39 is 11.9 Å². The van der Waals surface area contributed by atoms with E-state index in [0.717, 1.165) is 6.42 Å². The van der Waals surface area contributed by atoms with Crippen LogP contribution < -0.4 is 26.6 Å². The van der Waals surface area contributed by atoms with Gasteiger partial charge in [0.2, 0.25) is 17.8 Å². The van der Waals surface area contributed by atoms with Crippen LogP contribution in [0.5, 0.6) is 6.01 Å². The highest BCUT2D eigenvalue weighted by Gasteiger charge is 2.31. The number of carbonyl (C=O) groups is 1. The molecule has 1 unspecified atom stereocenters. The third-order valence-electron chi connectivity index (χ3n) is 2.84. The van der Waals surface area contributed by atoms with E-state index in [-0.39, 0.29) is 12.0 Å². The Labute approximate surface area is 110 Å². The molecule has 0 aliphatic carbocycles. The lowest BCUT2D eigenvalue weighted by Gasteiger charge is -2.22. The van der Waals surface area contributed by atoms with Crippen molar-refractivity contribution in [2.45, 2.75) is 25.8 Å². The Balaban J connectivity index is 2.32. The second-order valence-corrected chi connectivity index (χ2v) is 4.07. The molecule has 1 aliphatic heterocycles. The van der Waals surface area contributed by atoms with E-state index in [1.54, 1.807) is 4.90 Å². The Kier molecular flexibility index (Phi) is 3.95. The molecular weight excluding hydrogens is 250 g/mol. The number of ether oxygens (including phenoxy) is 1. The van der Waals surface area contributed by atoms with E-state index in [9.17, 15) is 4.79 Å². The van der Waals surface area contributed by atoms with Gasteiger partial charge in [-0.05, 0) is 19.8 Å². The first kappa shape index (κ1) is 13.3.